The van der Waals surface area contributed by atoms with E-state index in [2.05, 4.69) is 10.6 Å². The van der Waals surface area contributed by atoms with Crippen LogP contribution in [0.2, 0.25) is 0 Å². The summed E-state index contributed by atoms with van der Waals surface area (Å²) in [6.07, 6.45) is -0.369. The Balaban J connectivity index is 2.05. The smallest absolute Gasteiger partial charge is 0.255 e. The van der Waals surface area contributed by atoms with Crippen molar-refractivity contribution in [2.45, 2.75) is 13.1 Å². The summed E-state index contributed by atoms with van der Waals surface area (Å²) in [6.45, 7) is 1.98. The van der Waals surface area contributed by atoms with Crippen molar-refractivity contribution in [2.24, 2.45) is 0 Å². The molecule has 1 atom stereocenters. The van der Waals surface area contributed by atoms with Crippen LogP contribution >= 0.6 is 0 Å². The van der Waals surface area contributed by atoms with E-state index in [1.165, 1.54) is 0 Å². The lowest BCUT2D eigenvalue weighted by atomic mass is 10.0. The number of amides is 1. The summed E-state index contributed by atoms with van der Waals surface area (Å²) in [4.78, 5) is 12.4. The highest BCUT2D eigenvalue weighted by Gasteiger charge is 2.28. The van der Waals surface area contributed by atoms with Crippen LogP contribution in [0.1, 0.15) is 27.7 Å². The summed E-state index contributed by atoms with van der Waals surface area (Å²) >= 11 is 0. The van der Waals surface area contributed by atoms with Crippen LogP contribution in [0.25, 0.3) is 0 Å². The van der Waals surface area contributed by atoms with E-state index in [0.29, 0.717) is 17.1 Å². The predicted molar refractivity (Wildman–Crippen MR) is 84.6 cm³/mol. The van der Waals surface area contributed by atoms with Gasteiger partial charge >= 0.3 is 0 Å². The molecule has 0 aromatic heterocycles. The number of benzene rings is 2. The molecule has 2 aromatic rings. The first-order chi connectivity index (χ1) is 10.7. The second kappa shape index (κ2) is 5.60. The molecule has 0 bridgehead atoms. The SMILES string of the molecule is COc1cccc([C@@H]2NC(=O)c3cccc(C)c3N2)c1OC. The number of ether oxygens (including phenoxy) is 2. The zero-order valence-corrected chi connectivity index (χ0v) is 12.8. The molecular weight excluding hydrogens is 280 g/mol. The van der Waals surface area contributed by atoms with Crippen LogP contribution in [0.4, 0.5) is 5.69 Å². The number of para-hydroxylation sites is 2. The largest absolute Gasteiger partial charge is 0.493 e. The molecule has 1 aliphatic heterocycles. The second-order valence-electron chi connectivity index (χ2n) is 5.13. The van der Waals surface area contributed by atoms with Crippen LogP contribution in [0.3, 0.4) is 0 Å². The van der Waals surface area contributed by atoms with E-state index >= 15 is 0 Å². The number of anilines is 1. The van der Waals surface area contributed by atoms with Crippen molar-refractivity contribution < 1.29 is 14.3 Å². The highest BCUT2D eigenvalue weighted by molar-refractivity contribution is 6.02. The third-order valence-electron chi connectivity index (χ3n) is 3.83. The fourth-order valence-electron chi connectivity index (χ4n) is 2.73. The Labute approximate surface area is 129 Å². The van der Waals surface area contributed by atoms with E-state index in [4.69, 9.17) is 9.47 Å². The van der Waals surface area contributed by atoms with Gasteiger partial charge in [-0.25, -0.2) is 0 Å². The zero-order chi connectivity index (χ0) is 15.7. The van der Waals surface area contributed by atoms with Gasteiger partial charge in [0.1, 0.15) is 6.17 Å². The average Bonchev–Trinajstić information content (AvgIpc) is 2.54. The third kappa shape index (κ3) is 2.24. The summed E-state index contributed by atoms with van der Waals surface area (Å²) in [5.41, 5.74) is 3.35. The summed E-state index contributed by atoms with van der Waals surface area (Å²) < 4.78 is 10.8. The van der Waals surface area contributed by atoms with Gasteiger partial charge in [0.2, 0.25) is 0 Å². The van der Waals surface area contributed by atoms with Crippen molar-refractivity contribution in [3.05, 3.63) is 53.1 Å². The van der Waals surface area contributed by atoms with Crippen molar-refractivity contribution in [3.8, 4) is 11.5 Å². The van der Waals surface area contributed by atoms with Gasteiger partial charge in [-0.1, -0.05) is 24.3 Å². The van der Waals surface area contributed by atoms with Gasteiger partial charge in [0, 0.05) is 5.56 Å². The minimum absolute atomic E-state index is 0.104. The molecule has 5 nitrogen and oxygen atoms in total. The van der Waals surface area contributed by atoms with Crippen molar-refractivity contribution >= 4 is 11.6 Å². The van der Waals surface area contributed by atoms with Crippen LogP contribution in [-0.2, 0) is 0 Å². The number of carbonyl (C=O) groups is 1. The molecule has 2 N–H and O–H groups in total. The maximum atomic E-state index is 12.4. The molecule has 2 aromatic carbocycles. The molecule has 0 spiro atoms. The lowest BCUT2D eigenvalue weighted by Gasteiger charge is -2.30. The number of nitrogens with one attached hydrogen (secondary N) is 2. The minimum Gasteiger partial charge on any atom is -0.493 e. The average molecular weight is 298 g/mol. The molecule has 0 saturated heterocycles. The van der Waals surface area contributed by atoms with E-state index in [1.54, 1.807) is 14.2 Å². The molecule has 0 aliphatic carbocycles. The first kappa shape index (κ1) is 14.3. The van der Waals surface area contributed by atoms with E-state index in [9.17, 15) is 4.79 Å². The molecule has 1 amide bonds. The molecular formula is C17H18N2O3. The standard InChI is InChI=1S/C17H18N2O3/c1-10-6-4-7-11-14(10)18-16(19-17(11)20)12-8-5-9-13(21-2)15(12)22-3/h4-9,16,18H,1-3H3,(H,19,20)/t16-/m0/s1. The van der Waals surface area contributed by atoms with E-state index < -0.39 is 0 Å². The maximum Gasteiger partial charge on any atom is 0.255 e. The molecule has 22 heavy (non-hydrogen) atoms. The Morgan fingerprint density at radius 1 is 1.00 bits per heavy atom. The summed E-state index contributed by atoms with van der Waals surface area (Å²) in [5, 5.41) is 6.33. The molecule has 0 radical (unpaired) electrons. The minimum atomic E-state index is -0.369. The number of rotatable bonds is 3. The fourth-order valence-corrected chi connectivity index (χ4v) is 2.73. The van der Waals surface area contributed by atoms with E-state index in [0.717, 1.165) is 16.8 Å². The monoisotopic (exact) mass is 298 g/mol. The molecule has 1 heterocycles. The van der Waals surface area contributed by atoms with E-state index in [1.807, 2.05) is 43.3 Å². The van der Waals surface area contributed by atoms with Gasteiger partial charge in [-0.15, -0.1) is 0 Å². The van der Waals surface area contributed by atoms with Gasteiger partial charge in [0.25, 0.3) is 5.91 Å². The quantitative estimate of drug-likeness (QED) is 0.915. The number of methoxy groups -OCH3 is 2. The molecule has 1 aliphatic rings. The molecule has 114 valence electrons. The summed E-state index contributed by atoms with van der Waals surface area (Å²) in [5.74, 6) is 1.14. The van der Waals surface area contributed by atoms with Crippen LogP contribution in [0, 0.1) is 6.92 Å². The highest BCUT2D eigenvalue weighted by atomic mass is 16.5. The lowest BCUT2D eigenvalue weighted by molar-refractivity contribution is 0.0935. The predicted octanol–water partition coefficient (Wildman–Crippen LogP) is 2.87. The van der Waals surface area contributed by atoms with Crippen LogP contribution < -0.4 is 20.1 Å². The first-order valence-corrected chi connectivity index (χ1v) is 7.03. The summed E-state index contributed by atoms with van der Waals surface area (Å²) in [7, 11) is 3.18. The molecule has 5 heteroatoms. The van der Waals surface area contributed by atoms with Gasteiger partial charge in [-0.3, -0.25) is 4.79 Å². The lowest BCUT2D eigenvalue weighted by Crippen LogP contribution is -2.39. The third-order valence-corrected chi connectivity index (χ3v) is 3.83. The van der Waals surface area contributed by atoms with Gasteiger partial charge in [0.15, 0.2) is 11.5 Å². The van der Waals surface area contributed by atoms with Crippen molar-refractivity contribution in [1.82, 2.24) is 5.32 Å². The molecule has 0 saturated carbocycles. The Morgan fingerprint density at radius 2 is 1.77 bits per heavy atom. The number of hydrogen-bond acceptors (Lipinski definition) is 4. The van der Waals surface area contributed by atoms with Crippen LogP contribution in [0.15, 0.2) is 36.4 Å². The van der Waals surface area contributed by atoms with Gasteiger partial charge in [-0.05, 0) is 24.6 Å². The van der Waals surface area contributed by atoms with Crippen LogP contribution in [0.5, 0.6) is 11.5 Å². The van der Waals surface area contributed by atoms with Crippen molar-refractivity contribution in [2.75, 3.05) is 19.5 Å². The molecule has 3 rings (SSSR count). The number of fused-ring (bicyclic) bond motifs is 1. The number of carbonyl (C=O) groups excluding carboxylic acids is 1. The van der Waals surface area contributed by atoms with Crippen molar-refractivity contribution in [1.29, 1.82) is 0 Å². The first-order valence-electron chi connectivity index (χ1n) is 7.03. The summed E-state index contributed by atoms with van der Waals surface area (Å²) in [6, 6.07) is 11.3. The highest BCUT2D eigenvalue weighted by Crippen LogP contribution is 2.37. The second-order valence-corrected chi connectivity index (χ2v) is 5.13. The molecule has 0 unspecified atom stereocenters. The maximum absolute atomic E-state index is 12.4. The van der Waals surface area contributed by atoms with Gasteiger partial charge in [0.05, 0.1) is 25.5 Å². The van der Waals surface area contributed by atoms with Crippen molar-refractivity contribution in [3.63, 3.8) is 0 Å². The number of hydrogen-bond donors (Lipinski definition) is 2. The normalized spacial score (nSPS) is 16.3. The fraction of sp³-hybridized carbons (Fsp3) is 0.235. The van der Waals surface area contributed by atoms with Gasteiger partial charge in [-0.2, -0.15) is 0 Å². The zero-order valence-electron chi connectivity index (χ0n) is 12.8. The Morgan fingerprint density at radius 3 is 2.50 bits per heavy atom. The molecule has 0 fully saturated rings. The Hall–Kier alpha value is -2.69. The Bertz CT molecular complexity index is 728. The number of aryl methyl sites for hydroxylation is 1. The van der Waals surface area contributed by atoms with E-state index in [-0.39, 0.29) is 12.1 Å². The van der Waals surface area contributed by atoms with Crippen LogP contribution in [-0.4, -0.2) is 20.1 Å². The van der Waals surface area contributed by atoms with Gasteiger partial charge < -0.3 is 20.1 Å². The Kier molecular flexibility index (Phi) is 3.63. The topological polar surface area (TPSA) is 59.6 Å².